The predicted molar refractivity (Wildman–Crippen MR) is 82.4 cm³/mol. The number of hydrogen-bond acceptors (Lipinski definition) is 4. The van der Waals surface area contributed by atoms with Crippen LogP contribution in [0.1, 0.15) is 25.6 Å². The van der Waals surface area contributed by atoms with Crippen LogP contribution in [0.3, 0.4) is 0 Å². The average Bonchev–Trinajstić information content (AvgIpc) is 3.17. The molecule has 0 aliphatic carbocycles. The molecule has 0 amide bonds. The Labute approximate surface area is 126 Å². The lowest BCUT2D eigenvalue weighted by Crippen LogP contribution is -2.41. The predicted octanol–water partition coefficient (Wildman–Crippen LogP) is 0.528. The van der Waals surface area contributed by atoms with E-state index in [1.54, 1.807) is 13.4 Å². The van der Waals surface area contributed by atoms with Crippen molar-refractivity contribution in [2.45, 2.75) is 32.7 Å². The maximum atomic E-state index is 5.07. The fourth-order valence-corrected chi connectivity index (χ4v) is 2.47. The highest BCUT2D eigenvalue weighted by molar-refractivity contribution is 5.80. The van der Waals surface area contributed by atoms with E-state index in [2.05, 4.69) is 36.9 Å². The first-order chi connectivity index (χ1) is 10.3. The third-order valence-electron chi connectivity index (χ3n) is 3.61. The number of aliphatic imine (C=N–C) groups is 1. The maximum absolute atomic E-state index is 5.07. The topological polar surface area (TPSA) is 67.6 Å². The van der Waals surface area contributed by atoms with E-state index in [1.807, 2.05) is 0 Å². The Hall–Kier alpha value is -1.63. The lowest BCUT2D eigenvalue weighted by Gasteiger charge is -2.21. The quantitative estimate of drug-likeness (QED) is 0.451. The van der Waals surface area contributed by atoms with Gasteiger partial charge >= 0.3 is 0 Å². The third kappa shape index (κ3) is 4.70. The summed E-state index contributed by atoms with van der Waals surface area (Å²) in [6, 6.07) is 0. The summed E-state index contributed by atoms with van der Waals surface area (Å²) in [5, 5.41) is 11.5. The van der Waals surface area contributed by atoms with Gasteiger partial charge in [0.2, 0.25) is 0 Å². The van der Waals surface area contributed by atoms with Crippen molar-refractivity contribution >= 4 is 5.96 Å². The molecule has 1 aliphatic heterocycles. The van der Waals surface area contributed by atoms with Gasteiger partial charge in [-0.1, -0.05) is 6.92 Å². The summed E-state index contributed by atoms with van der Waals surface area (Å²) >= 11 is 0. The van der Waals surface area contributed by atoms with Crippen molar-refractivity contribution in [3.05, 3.63) is 12.2 Å². The molecule has 0 aromatic carbocycles. The molecule has 0 atom stereocenters. The average molecular weight is 294 g/mol. The van der Waals surface area contributed by atoms with Crippen molar-refractivity contribution in [3.8, 4) is 0 Å². The minimum Gasteiger partial charge on any atom is -0.383 e. The first-order valence-electron chi connectivity index (χ1n) is 7.74. The number of nitrogens with one attached hydrogen (secondary N) is 1. The Morgan fingerprint density at radius 3 is 2.95 bits per heavy atom. The van der Waals surface area contributed by atoms with Gasteiger partial charge in [0, 0.05) is 39.7 Å². The minimum atomic E-state index is 0.657. The molecule has 118 valence electrons. The monoisotopic (exact) mass is 294 g/mol. The van der Waals surface area contributed by atoms with E-state index in [0.29, 0.717) is 13.2 Å². The van der Waals surface area contributed by atoms with Crippen LogP contribution in [-0.4, -0.2) is 65.5 Å². The Bertz CT molecular complexity index is 438. The highest BCUT2D eigenvalue weighted by Gasteiger charge is 2.15. The van der Waals surface area contributed by atoms with E-state index >= 15 is 0 Å². The van der Waals surface area contributed by atoms with Crippen LogP contribution >= 0.6 is 0 Å². The molecular formula is C14H26N6O. The molecule has 2 heterocycles. The lowest BCUT2D eigenvalue weighted by atomic mass is 10.4. The van der Waals surface area contributed by atoms with Crippen LogP contribution in [0.5, 0.6) is 0 Å². The molecule has 1 fully saturated rings. The second kappa shape index (κ2) is 8.61. The van der Waals surface area contributed by atoms with Crippen molar-refractivity contribution in [1.29, 1.82) is 0 Å². The highest BCUT2D eigenvalue weighted by atomic mass is 16.5. The van der Waals surface area contributed by atoms with Crippen LogP contribution in [0.15, 0.2) is 11.3 Å². The van der Waals surface area contributed by atoms with E-state index < -0.39 is 0 Å². The molecule has 7 heteroatoms. The van der Waals surface area contributed by atoms with E-state index in [-0.39, 0.29) is 0 Å². The SMILES string of the molecule is CCc1nncn1CCNC(=NCCOC)N1CCCC1. The van der Waals surface area contributed by atoms with Gasteiger partial charge in [-0.3, -0.25) is 4.99 Å². The Balaban J connectivity index is 1.84. The number of nitrogens with zero attached hydrogens (tertiary/aromatic N) is 5. The molecule has 0 radical (unpaired) electrons. The Morgan fingerprint density at radius 1 is 1.43 bits per heavy atom. The summed E-state index contributed by atoms with van der Waals surface area (Å²) in [6.07, 6.45) is 5.19. The summed E-state index contributed by atoms with van der Waals surface area (Å²) in [7, 11) is 1.71. The van der Waals surface area contributed by atoms with Crippen LogP contribution in [0.25, 0.3) is 0 Å². The van der Waals surface area contributed by atoms with Crippen LogP contribution in [0.4, 0.5) is 0 Å². The summed E-state index contributed by atoms with van der Waals surface area (Å²) in [6.45, 7) is 7.31. The van der Waals surface area contributed by atoms with Gasteiger partial charge in [-0.05, 0) is 12.8 Å². The number of guanidine groups is 1. The van der Waals surface area contributed by atoms with E-state index in [1.165, 1.54) is 12.8 Å². The number of aryl methyl sites for hydroxylation is 1. The van der Waals surface area contributed by atoms with Crippen molar-refractivity contribution in [1.82, 2.24) is 25.0 Å². The summed E-state index contributed by atoms with van der Waals surface area (Å²) in [5.74, 6) is 2.02. The smallest absolute Gasteiger partial charge is 0.194 e. The standard InChI is InChI=1S/C14H26N6O/c1-3-13-18-17-12-20(13)10-6-15-14(16-7-11-21-2)19-8-4-5-9-19/h12H,3-11H2,1-2H3,(H,15,16). The second-order valence-corrected chi connectivity index (χ2v) is 5.11. The summed E-state index contributed by atoms with van der Waals surface area (Å²) < 4.78 is 7.16. The lowest BCUT2D eigenvalue weighted by molar-refractivity contribution is 0.207. The fraction of sp³-hybridized carbons (Fsp3) is 0.786. The first-order valence-corrected chi connectivity index (χ1v) is 7.74. The van der Waals surface area contributed by atoms with Gasteiger partial charge in [-0.15, -0.1) is 10.2 Å². The van der Waals surface area contributed by atoms with Gasteiger partial charge in [0.1, 0.15) is 12.2 Å². The molecule has 1 saturated heterocycles. The zero-order chi connectivity index (χ0) is 14.9. The van der Waals surface area contributed by atoms with Crippen molar-refractivity contribution in [2.24, 2.45) is 4.99 Å². The zero-order valence-electron chi connectivity index (χ0n) is 13.1. The zero-order valence-corrected chi connectivity index (χ0v) is 13.1. The normalized spacial score (nSPS) is 15.7. The third-order valence-corrected chi connectivity index (χ3v) is 3.61. The van der Waals surface area contributed by atoms with Crippen LogP contribution in [-0.2, 0) is 17.7 Å². The number of hydrogen-bond donors (Lipinski definition) is 1. The summed E-state index contributed by atoms with van der Waals surface area (Å²) in [5.41, 5.74) is 0. The molecule has 1 N–H and O–H groups in total. The van der Waals surface area contributed by atoms with Crippen molar-refractivity contribution < 1.29 is 4.74 Å². The number of methoxy groups -OCH3 is 1. The number of rotatable bonds is 7. The van der Waals surface area contributed by atoms with Gasteiger partial charge < -0.3 is 19.5 Å². The maximum Gasteiger partial charge on any atom is 0.194 e. The van der Waals surface area contributed by atoms with Gasteiger partial charge in [0.25, 0.3) is 0 Å². The molecule has 2 rings (SSSR count). The van der Waals surface area contributed by atoms with E-state index in [4.69, 9.17) is 4.74 Å². The van der Waals surface area contributed by atoms with Crippen molar-refractivity contribution in [3.63, 3.8) is 0 Å². The van der Waals surface area contributed by atoms with Gasteiger partial charge in [-0.25, -0.2) is 0 Å². The van der Waals surface area contributed by atoms with E-state index in [9.17, 15) is 0 Å². The van der Waals surface area contributed by atoms with Gasteiger partial charge in [0.05, 0.1) is 13.2 Å². The molecule has 7 nitrogen and oxygen atoms in total. The van der Waals surface area contributed by atoms with Crippen LogP contribution in [0, 0.1) is 0 Å². The van der Waals surface area contributed by atoms with Crippen molar-refractivity contribution in [2.75, 3.05) is 39.9 Å². The number of aromatic nitrogens is 3. The second-order valence-electron chi connectivity index (χ2n) is 5.11. The van der Waals surface area contributed by atoms with Crippen LogP contribution < -0.4 is 5.32 Å². The van der Waals surface area contributed by atoms with Gasteiger partial charge in [-0.2, -0.15) is 0 Å². The molecule has 1 aromatic rings. The number of likely N-dealkylation sites (tertiary alicyclic amines) is 1. The largest absolute Gasteiger partial charge is 0.383 e. The molecule has 0 spiro atoms. The fourth-order valence-electron chi connectivity index (χ4n) is 2.47. The Morgan fingerprint density at radius 2 is 2.24 bits per heavy atom. The van der Waals surface area contributed by atoms with E-state index in [0.717, 1.165) is 44.4 Å². The molecule has 0 bridgehead atoms. The molecular weight excluding hydrogens is 268 g/mol. The Kier molecular flexibility index (Phi) is 6.46. The molecule has 21 heavy (non-hydrogen) atoms. The molecule has 0 unspecified atom stereocenters. The minimum absolute atomic E-state index is 0.657. The molecule has 1 aliphatic rings. The number of ether oxygens (including phenoxy) is 1. The summed E-state index contributed by atoms with van der Waals surface area (Å²) in [4.78, 5) is 6.94. The van der Waals surface area contributed by atoms with Crippen LogP contribution in [0.2, 0.25) is 0 Å². The first kappa shape index (κ1) is 15.8. The molecule has 1 aromatic heterocycles. The highest BCUT2D eigenvalue weighted by Crippen LogP contribution is 2.07. The molecule has 0 saturated carbocycles. The van der Waals surface area contributed by atoms with Gasteiger partial charge in [0.15, 0.2) is 5.96 Å².